The van der Waals surface area contributed by atoms with E-state index in [-0.39, 0.29) is 5.60 Å². The molecule has 0 radical (unpaired) electrons. The number of hydrogen-bond donors (Lipinski definition) is 0. The van der Waals surface area contributed by atoms with E-state index in [0.717, 1.165) is 6.42 Å². The van der Waals surface area contributed by atoms with E-state index < -0.39 is 0 Å². The van der Waals surface area contributed by atoms with Gasteiger partial charge < -0.3 is 0 Å². The van der Waals surface area contributed by atoms with Crippen molar-refractivity contribution >= 4 is 0 Å². The molecule has 0 rings (SSSR count). The molecule has 72 valence electrons. The molecule has 0 atom stereocenters. The van der Waals surface area contributed by atoms with Crippen LogP contribution in [0.3, 0.4) is 0 Å². The largest absolute Gasteiger partial charge is 0.236 e. The Kier molecular flexibility index (Phi) is 5.18. The molecule has 0 heterocycles. The van der Waals surface area contributed by atoms with Crippen LogP contribution in [0.25, 0.3) is 0 Å². The molecule has 0 saturated carbocycles. The van der Waals surface area contributed by atoms with Crippen molar-refractivity contribution < 1.29 is 9.78 Å². The first kappa shape index (κ1) is 11.7. The molecule has 0 aromatic heterocycles. The molecule has 0 unspecified atom stereocenters. The lowest BCUT2D eigenvalue weighted by Gasteiger charge is -2.16. The van der Waals surface area contributed by atoms with Gasteiger partial charge >= 0.3 is 0 Å². The fraction of sp³-hybridized carbons (Fsp3) is 0.800. The highest BCUT2D eigenvalue weighted by Crippen LogP contribution is 2.07. The van der Waals surface area contributed by atoms with Crippen LogP contribution in [0.2, 0.25) is 0 Å². The van der Waals surface area contributed by atoms with Crippen LogP contribution in [0.1, 0.15) is 41.0 Å². The minimum atomic E-state index is -0.203. The molecular weight excluding hydrogens is 152 g/mol. The lowest BCUT2D eigenvalue weighted by atomic mass is 10.2. The summed E-state index contributed by atoms with van der Waals surface area (Å²) < 4.78 is 0. The molecule has 0 saturated heterocycles. The molecular formula is C10H20O2. The predicted molar refractivity (Wildman–Crippen MR) is 50.8 cm³/mol. The van der Waals surface area contributed by atoms with Crippen LogP contribution in [0.4, 0.5) is 0 Å². The maximum absolute atomic E-state index is 5.08. The van der Waals surface area contributed by atoms with Gasteiger partial charge in [0.2, 0.25) is 0 Å². The van der Waals surface area contributed by atoms with Gasteiger partial charge in [-0.25, -0.2) is 9.78 Å². The van der Waals surface area contributed by atoms with Gasteiger partial charge in [0.25, 0.3) is 0 Å². The van der Waals surface area contributed by atoms with Crippen molar-refractivity contribution in [3.05, 3.63) is 11.6 Å². The van der Waals surface area contributed by atoms with Crippen molar-refractivity contribution in [1.82, 2.24) is 0 Å². The van der Waals surface area contributed by atoms with Crippen molar-refractivity contribution in [3.63, 3.8) is 0 Å². The van der Waals surface area contributed by atoms with Gasteiger partial charge in [-0.1, -0.05) is 11.6 Å². The molecule has 0 aromatic carbocycles. The van der Waals surface area contributed by atoms with E-state index in [9.17, 15) is 0 Å². The Hall–Kier alpha value is -0.340. The molecule has 0 aliphatic carbocycles. The van der Waals surface area contributed by atoms with E-state index >= 15 is 0 Å². The molecule has 2 heteroatoms. The number of allylic oxidation sites excluding steroid dienone is 1. The lowest BCUT2D eigenvalue weighted by Crippen LogP contribution is -2.19. The van der Waals surface area contributed by atoms with E-state index in [0.29, 0.717) is 6.61 Å². The molecule has 0 N–H and O–H groups in total. The summed E-state index contributed by atoms with van der Waals surface area (Å²) in [5.74, 6) is 0. The Morgan fingerprint density at radius 2 is 1.83 bits per heavy atom. The first-order chi connectivity index (χ1) is 5.42. The minimum absolute atomic E-state index is 0.203. The summed E-state index contributed by atoms with van der Waals surface area (Å²) in [5, 5.41) is 0. The molecule has 0 aromatic rings. The van der Waals surface area contributed by atoms with Gasteiger partial charge in [-0.05, 0) is 41.0 Å². The second-order valence-electron chi connectivity index (χ2n) is 4.09. The van der Waals surface area contributed by atoms with Crippen LogP contribution in [0, 0.1) is 0 Å². The summed E-state index contributed by atoms with van der Waals surface area (Å²) in [6.07, 6.45) is 3.05. The number of hydrogen-bond acceptors (Lipinski definition) is 2. The lowest BCUT2D eigenvalue weighted by molar-refractivity contribution is -0.347. The van der Waals surface area contributed by atoms with Gasteiger partial charge in [-0.3, -0.25) is 0 Å². The van der Waals surface area contributed by atoms with Gasteiger partial charge in [0.15, 0.2) is 0 Å². The van der Waals surface area contributed by atoms with Crippen molar-refractivity contribution in [3.8, 4) is 0 Å². The fourth-order valence-electron chi connectivity index (χ4n) is 0.614. The summed E-state index contributed by atoms with van der Waals surface area (Å²) in [6, 6.07) is 0. The highest BCUT2D eigenvalue weighted by atomic mass is 17.2. The SMILES string of the molecule is CC(C)=CCCOOC(C)(C)C. The zero-order chi connectivity index (χ0) is 9.61. The predicted octanol–water partition coefficient (Wildman–Crippen LogP) is 3.09. The normalized spacial score (nSPS) is 11.4. The third-order valence-corrected chi connectivity index (χ3v) is 1.06. The summed E-state index contributed by atoms with van der Waals surface area (Å²) in [4.78, 5) is 10.1. The fourth-order valence-corrected chi connectivity index (χ4v) is 0.614. The molecule has 0 fully saturated rings. The van der Waals surface area contributed by atoms with Gasteiger partial charge in [-0.2, -0.15) is 0 Å². The summed E-state index contributed by atoms with van der Waals surface area (Å²) in [6.45, 7) is 10.7. The molecule has 0 aliphatic heterocycles. The quantitative estimate of drug-likeness (QED) is 0.281. The van der Waals surface area contributed by atoms with E-state index in [2.05, 4.69) is 19.9 Å². The van der Waals surface area contributed by atoms with Crippen molar-refractivity contribution in [2.75, 3.05) is 6.61 Å². The van der Waals surface area contributed by atoms with Crippen LogP contribution < -0.4 is 0 Å². The van der Waals surface area contributed by atoms with Crippen LogP contribution in [-0.4, -0.2) is 12.2 Å². The Labute approximate surface area is 75.5 Å². The van der Waals surface area contributed by atoms with Gasteiger partial charge in [-0.15, -0.1) is 0 Å². The van der Waals surface area contributed by atoms with Gasteiger partial charge in [0.05, 0.1) is 12.2 Å². The molecule has 12 heavy (non-hydrogen) atoms. The van der Waals surface area contributed by atoms with Gasteiger partial charge in [0, 0.05) is 0 Å². The summed E-state index contributed by atoms with van der Waals surface area (Å²) >= 11 is 0. The second kappa shape index (κ2) is 5.33. The topological polar surface area (TPSA) is 18.5 Å². The maximum Gasteiger partial charge on any atom is 0.0952 e. The Morgan fingerprint density at radius 1 is 1.25 bits per heavy atom. The zero-order valence-electron chi connectivity index (χ0n) is 8.81. The average Bonchev–Trinajstić information content (AvgIpc) is 1.83. The standard InChI is InChI=1S/C10H20O2/c1-9(2)7-6-8-11-12-10(3,4)5/h7H,6,8H2,1-5H3. The third kappa shape index (κ3) is 9.66. The molecule has 0 amide bonds. The Morgan fingerprint density at radius 3 is 2.25 bits per heavy atom. The second-order valence-corrected chi connectivity index (χ2v) is 4.09. The average molecular weight is 172 g/mol. The maximum atomic E-state index is 5.08. The Balaban J connectivity index is 3.29. The van der Waals surface area contributed by atoms with Crippen molar-refractivity contribution in [1.29, 1.82) is 0 Å². The number of rotatable bonds is 4. The minimum Gasteiger partial charge on any atom is -0.236 e. The van der Waals surface area contributed by atoms with E-state index in [4.69, 9.17) is 9.78 Å². The summed E-state index contributed by atoms with van der Waals surface area (Å²) in [7, 11) is 0. The first-order valence-electron chi connectivity index (χ1n) is 4.36. The summed E-state index contributed by atoms with van der Waals surface area (Å²) in [5.41, 5.74) is 1.11. The van der Waals surface area contributed by atoms with E-state index in [1.807, 2.05) is 20.8 Å². The van der Waals surface area contributed by atoms with Gasteiger partial charge in [0.1, 0.15) is 0 Å². The van der Waals surface area contributed by atoms with Crippen molar-refractivity contribution in [2.45, 2.75) is 46.6 Å². The Bertz CT molecular complexity index is 138. The highest BCUT2D eigenvalue weighted by molar-refractivity contribution is 4.92. The molecule has 0 bridgehead atoms. The van der Waals surface area contributed by atoms with E-state index in [1.54, 1.807) is 0 Å². The smallest absolute Gasteiger partial charge is 0.0952 e. The molecule has 0 aliphatic rings. The van der Waals surface area contributed by atoms with Crippen molar-refractivity contribution in [2.24, 2.45) is 0 Å². The highest BCUT2D eigenvalue weighted by Gasteiger charge is 2.10. The monoisotopic (exact) mass is 172 g/mol. The first-order valence-corrected chi connectivity index (χ1v) is 4.36. The molecule has 0 spiro atoms. The van der Waals surface area contributed by atoms with Crippen LogP contribution in [0.15, 0.2) is 11.6 Å². The zero-order valence-corrected chi connectivity index (χ0v) is 8.81. The van der Waals surface area contributed by atoms with Crippen LogP contribution in [-0.2, 0) is 9.78 Å². The molecule has 2 nitrogen and oxygen atoms in total. The third-order valence-electron chi connectivity index (χ3n) is 1.06. The van der Waals surface area contributed by atoms with Crippen LogP contribution >= 0.6 is 0 Å². The van der Waals surface area contributed by atoms with Crippen LogP contribution in [0.5, 0.6) is 0 Å². The van der Waals surface area contributed by atoms with E-state index in [1.165, 1.54) is 5.57 Å².